The van der Waals surface area contributed by atoms with Crippen LogP contribution in [-0.4, -0.2) is 15.3 Å². The highest BCUT2D eigenvalue weighted by Gasteiger charge is 2.17. The Morgan fingerprint density at radius 3 is 2.73 bits per heavy atom. The van der Waals surface area contributed by atoms with Crippen molar-refractivity contribution in [1.29, 1.82) is 0 Å². The maximum Gasteiger partial charge on any atom is 0.270 e. The predicted molar refractivity (Wildman–Crippen MR) is 82.1 cm³/mol. The quantitative estimate of drug-likeness (QED) is 0.804. The number of aryl methyl sites for hydroxylation is 1. The summed E-state index contributed by atoms with van der Waals surface area (Å²) in [7, 11) is 0. The van der Waals surface area contributed by atoms with E-state index in [9.17, 15) is 9.18 Å². The lowest BCUT2D eigenvalue weighted by molar-refractivity contribution is 0.0944. The molecule has 0 radical (unpaired) electrons. The Bertz CT molecular complexity index is 808. The summed E-state index contributed by atoms with van der Waals surface area (Å²) in [6.07, 6.45) is 2.51. The first-order valence-corrected chi connectivity index (χ1v) is 7.17. The summed E-state index contributed by atoms with van der Waals surface area (Å²) in [5, 5.41) is 2.87. The molecule has 0 saturated heterocycles. The van der Waals surface area contributed by atoms with E-state index in [0.29, 0.717) is 18.7 Å². The molecule has 1 amide bonds. The molecule has 112 valence electrons. The SMILES string of the molecule is CCc1nc2ccccn2c1C(=O)NCc1ccc(F)cc1. The molecule has 0 bridgehead atoms. The van der Waals surface area contributed by atoms with Gasteiger partial charge in [-0.25, -0.2) is 9.37 Å². The fraction of sp³-hybridized carbons (Fsp3) is 0.176. The van der Waals surface area contributed by atoms with Gasteiger partial charge in [0.15, 0.2) is 0 Å². The van der Waals surface area contributed by atoms with Gasteiger partial charge in [0.05, 0.1) is 5.69 Å². The molecule has 0 unspecified atom stereocenters. The molecule has 4 nitrogen and oxygen atoms in total. The van der Waals surface area contributed by atoms with Crippen LogP contribution in [0.4, 0.5) is 4.39 Å². The highest BCUT2D eigenvalue weighted by molar-refractivity contribution is 5.94. The lowest BCUT2D eigenvalue weighted by Gasteiger charge is -2.07. The van der Waals surface area contributed by atoms with Crippen LogP contribution in [0.15, 0.2) is 48.7 Å². The molecule has 2 aromatic heterocycles. The van der Waals surface area contributed by atoms with Crippen molar-refractivity contribution in [2.45, 2.75) is 19.9 Å². The van der Waals surface area contributed by atoms with Gasteiger partial charge in [-0.15, -0.1) is 0 Å². The lowest BCUT2D eigenvalue weighted by atomic mass is 10.2. The van der Waals surface area contributed by atoms with Crippen molar-refractivity contribution >= 4 is 11.6 Å². The molecule has 1 N–H and O–H groups in total. The van der Waals surface area contributed by atoms with Gasteiger partial charge in [-0.2, -0.15) is 0 Å². The van der Waals surface area contributed by atoms with Gasteiger partial charge in [0.1, 0.15) is 17.2 Å². The molecule has 0 fully saturated rings. The predicted octanol–water partition coefficient (Wildman–Crippen LogP) is 2.97. The number of nitrogens with zero attached hydrogens (tertiary/aromatic N) is 2. The molecule has 0 aliphatic carbocycles. The number of hydrogen-bond donors (Lipinski definition) is 1. The zero-order valence-corrected chi connectivity index (χ0v) is 12.2. The van der Waals surface area contributed by atoms with Crippen LogP contribution in [0.1, 0.15) is 28.7 Å². The monoisotopic (exact) mass is 297 g/mol. The van der Waals surface area contributed by atoms with Gasteiger partial charge in [0.2, 0.25) is 0 Å². The van der Waals surface area contributed by atoms with Crippen molar-refractivity contribution in [3.8, 4) is 0 Å². The van der Waals surface area contributed by atoms with E-state index in [1.807, 2.05) is 31.3 Å². The van der Waals surface area contributed by atoms with Gasteiger partial charge in [-0.05, 0) is 36.2 Å². The number of imidazole rings is 1. The largest absolute Gasteiger partial charge is 0.347 e. The summed E-state index contributed by atoms with van der Waals surface area (Å²) in [6.45, 7) is 2.32. The molecule has 0 spiro atoms. The van der Waals surface area contributed by atoms with Gasteiger partial charge in [0.25, 0.3) is 5.91 Å². The molecular formula is C17H16FN3O. The smallest absolute Gasteiger partial charge is 0.270 e. The Hall–Kier alpha value is -2.69. The fourth-order valence-electron chi connectivity index (χ4n) is 2.40. The Balaban J connectivity index is 1.84. The summed E-state index contributed by atoms with van der Waals surface area (Å²) in [4.78, 5) is 17.0. The topological polar surface area (TPSA) is 46.4 Å². The summed E-state index contributed by atoms with van der Waals surface area (Å²) in [5.41, 5.74) is 2.93. The molecule has 5 heteroatoms. The highest BCUT2D eigenvalue weighted by atomic mass is 19.1. The van der Waals surface area contributed by atoms with Crippen LogP contribution >= 0.6 is 0 Å². The van der Waals surface area contributed by atoms with E-state index in [1.54, 1.807) is 16.5 Å². The minimum Gasteiger partial charge on any atom is -0.347 e. The minimum absolute atomic E-state index is 0.181. The Morgan fingerprint density at radius 2 is 2.00 bits per heavy atom. The first-order valence-electron chi connectivity index (χ1n) is 7.17. The number of benzene rings is 1. The third-order valence-corrected chi connectivity index (χ3v) is 3.52. The minimum atomic E-state index is -0.287. The summed E-state index contributed by atoms with van der Waals surface area (Å²) in [6, 6.07) is 11.7. The number of rotatable bonds is 4. The van der Waals surface area contributed by atoms with E-state index in [4.69, 9.17) is 0 Å². The first-order chi connectivity index (χ1) is 10.7. The Morgan fingerprint density at radius 1 is 1.23 bits per heavy atom. The summed E-state index contributed by atoms with van der Waals surface area (Å²) < 4.78 is 14.7. The van der Waals surface area contributed by atoms with Crippen LogP contribution in [0.5, 0.6) is 0 Å². The molecule has 0 saturated carbocycles. The van der Waals surface area contributed by atoms with Gasteiger partial charge in [-0.3, -0.25) is 9.20 Å². The third-order valence-electron chi connectivity index (χ3n) is 3.52. The zero-order chi connectivity index (χ0) is 15.5. The van der Waals surface area contributed by atoms with Crippen molar-refractivity contribution in [3.63, 3.8) is 0 Å². The van der Waals surface area contributed by atoms with Crippen molar-refractivity contribution in [2.24, 2.45) is 0 Å². The van der Waals surface area contributed by atoms with Crippen LogP contribution < -0.4 is 5.32 Å². The van der Waals surface area contributed by atoms with Crippen molar-refractivity contribution in [3.05, 3.63) is 71.4 Å². The van der Waals surface area contributed by atoms with E-state index in [-0.39, 0.29) is 11.7 Å². The van der Waals surface area contributed by atoms with E-state index in [0.717, 1.165) is 16.9 Å². The van der Waals surface area contributed by atoms with Crippen LogP contribution in [0, 0.1) is 5.82 Å². The lowest BCUT2D eigenvalue weighted by Crippen LogP contribution is -2.25. The number of amides is 1. The molecule has 1 aromatic carbocycles. The summed E-state index contributed by atoms with van der Waals surface area (Å²) in [5.74, 6) is -0.468. The standard InChI is InChI=1S/C17H16FN3O/c1-2-14-16(21-10-4-3-5-15(21)20-14)17(22)19-11-12-6-8-13(18)9-7-12/h3-10H,2,11H2,1H3,(H,19,22). The second-order valence-corrected chi connectivity index (χ2v) is 5.00. The Kier molecular flexibility index (Phi) is 3.87. The van der Waals surface area contributed by atoms with Gasteiger partial charge < -0.3 is 5.32 Å². The molecule has 2 heterocycles. The van der Waals surface area contributed by atoms with Crippen LogP contribution in [-0.2, 0) is 13.0 Å². The average molecular weight is 297 g/mol. The van der Waals surface area contributed by atoms with E-state index >= 15 is 0 Å². The average Bonchev–Trinajstić information content (AvgIpc) is 2.92. The zero-order valence-electron chi connectivity index (χ0n) is 12.2. The van der Waals surface area contributed by atoms with Crippen molar-refractivity contribution < 1.29 is 9.18 Å². The van der Waals surface area contributed by atoms with Gasteiger partial charge in [0, 0.05) is 12.7 Å². The van der Waals surface area contributed by atoms with Crippen LogP contribution in [0.2, 0.25) is 0 Å². The number of carbonyl (C=O) groups excluding carboxylic acids is 1. The van der Waals surface area contributed by atoms with E-state index < -0.39 is 0 Å². The Labute approximate surface area is 127 Å². The number of aromatic nitrogens is 2. The number of pyridine rings is 1. The molecular weight excluding hydrogens is 281 g/mol. The molecule has 0 aliphatic heterocycles. The maximum absolute atomic E-state index is 12.9. The van der Waals surface area contributed by atoms with Crippen molar-refractivity contribution in [1.82, 2.24) is 14.7 Å². The first kappa shape index (κ1) is 14.3. The molecule has 0 atom stereocenters. The number of fused-ring (bicyclic) bond motifs is 1. The number of nitrogens with one attached hydrogen (secondary N) is 1. The number of carbonyl (C=O) groups is 1. The summed E-state index contributed by atoms with van der Waals surface area (Å²) >= 11 is 0. The van der Waals surface area contributed by atoms with Gasteiger partial charge >= 0.3 is 0 Å². The number of hydrogen-bond acceptors (Lipinski definition) is 2. The third kappa shape index (κ3) is 2.70. The van der Waals surface area contributed by atoms with Crippen LogP contribution in [0.25, 0.3) is 5.65 Å². The fourth-order valence-corrected chi connectivity index (χ4v) is 2.40. The number of halogens is 1. The molecule has 0 aliphatic rings. The highest BCUT2D eigenvalue weighted by Crippen LogP contribution is 2.13. The second-order valence-electron chi connectivity index (χ2n) is 5.00. The molecule has 22 heavy (non-hydrogen) atoms. The normalized spacial score (nSPS) is 10.8. The molecule has 3 rings (SSSR count). The van der Waals surface area contributed by atoms with Gasteiger partial charge in [-0.1, -0.05) is 25.1 Å². The maximum atomic E-state index is 12.9. The molecule has 3 aromatic rings. The van der Waals surface area contributed by atoms with Crippen LogP contribution in [0.3, 0.4) is 0 Å². The van der Waals surface area contributed by atoms with E-state index in [1.165, 1.54) is 12.1 Å². The second kappa shape index (κ2) is 5.97. The van der Waals surface area contributed by atoms with Crippen molar-refractivity contribution in [2.75, 3.05) is 0 Å². The van der Waals surface area contributed by atoms with E-state index in [2.05, 4.69) is 10.3 Å².